The number of carbonyl (C=O) groups is 2. The zero-order valence-corrected chi connectivity index (χ0v) is 16.9. The van der Waals surface area contributed by atoms with E-state index in [2.05, 4.69) is 6.07 Å². The molecule has 0 aromatic carbocycles. The van der Waals surface area contributed by atoms with Crippen molar-refractivity contribution >= 4 is 23.5 Å². The van der Waals surface area contributed by atoms with Crippen molar-refractivity contribution in [3.63, 3.8) is 0 Å². The van der Waals surface area contributed by atoms with E-state index in [0.717, 1.165) is 44.9 Å². The summed E-state index contributed by atoms with van der Waals surface area (Å²) >= 11 is 6.80. The van der Waals surface area contributed by atoms with E-state index in [-0.39, 0.29) is 23.4 Å². The monoisotopic (exact) mass is 392 g/mol. The van der Waals surface area contributed by atoms with E-state index in [1.807, 2.05) is 0 Å². The van der Waals surface area contributed by atoms with Crippen molar-refractivity contribution < 1.29 is 14.3 Å². The molecule has 0 radical (unpaired) electrons. The molecule has 0 aromatic rings. The fourth-order valence-electron chi connectivity index (χ4n) is 6.66. The van der Waals surface area contributed by atoms with Gasteiger partial charge in [-0.3, -0.25) is 9.59 Å². The fraction of sp³-hybridized carbons (Fsp3) is 0.857. The Balaban J connectivity index is 1.39. The predicted octanol–water partition coefficient (Wildman–Crippen LogP) is 3.79. The number of ether oxygens (including phenoxy) is 1. The van der Waals surface area contributed by atoms with Crippen LogP contribution in [0.25, 0.3) is 0 Å². The van der Waals surface area contributed by atoms with Crippen LogP contribution in [0, 0.1) is 28.6 Å². The van der Waals surface area contributed by atoms with Gasteiger partial charge in [0.25, 0.3) is 5.91 Å². The summed E-state index contributed by atoms with van der Waals surface area (Å²) in [7, 11) is 1.67. The first-order valence-corrected chi connectivity index (χ1v) is 10.7. The molecule has 0 N–H and O–H groups in total. The largest absolute Gasteiger partial charge is 0.455 e. The van der Waals surface area contributed by atoms with Crippen LogP contribution in [0.3, 0.4) is 0 Å². The Morgan fingerprint density at radius 3 is 2.33 bits per heavy atom. The molecule has 148 valence electrons. The lowest BCUT2D eigenvalue weighted by Crippen LogP contribution is -2.57. The number of esters is 1. The van der Waals surface area contributed by atoms with Gasteiger partial charge in [0, 0.05) is 11.9 Å². The Labute approximate surface area is 166 Å². The number of hydrogen-bond acceptors (Lipinski definition) is 4. The lowest BCUT2D eigenvalue weighted by Gasteiger charge is -2.58. The van der Waals surface area contributed by atoms with Crippen LogP contribution in [0.2, 0.25) is 0 Å². The molecule has 27 heavy (non-hydrogen) atoms. The first-order chi connectivity index (χ1) is 12.8. The summed E-state index contributed by atoms with van der Waals surface area (Å²) in [5.41, 5.74) is -1.24. The van der Waals surface area contributed by atoms with Crippen molar-refractivity contribution in [1.82, 2.24) is 4.90 Å². The van der Waals surface area contributed by atoms with Gasteiger partial charge in [0.05, 0.1) is 11.5 Å². The van der Waals surface area contributed by atoms with Gasteiger partial charge in [-0.2, -0.15) is 5.26 Å². The van der Waals surface area contributed by atoms with Crippen molar-refractivity contribution in [1.29, 1.82) is 5.26 Å². The minimum atomic E-state index is -0.747. The maximum Gasteiger partial charge on any atom is 0.312 e. The molecule has 5 aliphatic rings. The van der Waals surface area contributed by atoms with Gasteiger partial charge >= 0.3 is 5.97 Å². The van der Waals surface area contributed by atoms with E-state index in [4.69, 9.17) is 16.3 Å². The molecule has 1 amide bonds. The molecule has 0 saturated heterocycles. The second-order valence-corrected chi connectivity index (χ2v) is 10.4. The molecule has 6 heteroatoms. The van der Waals surface area contributed by atoms with Crippen LogP contribution in [0.15, 0.2) is 0 Å². The third-order valence-electron chi connectivity index (χ3n) is 7.65. The zero-order valence-electron chi connectivity index (χ0n) is 16.1. The Bertz CT molecular complexity index is 665. The normalized spacial score (nSPS) is 38.9. The standard InChI is InChI=1S/C21H29ClN2O3/c1-24(21(14-23)5-3-2-4-6-21)17(25)12-27-18(26)19-8-15-7-16(9-19)11-20(22,10-15)13-19/h15-16H,2-13H2,1H3/t15-,16+,19?,20?. The van der Waals surface area contributed by atoms with Gasteiger partial charge in [-0.25, -0.2) is 0 Å². The number of carbonyl (C=O) groups excluding carboxylic acids is 2. The van der Waals surface area contributed by atoms with E-state index >= 15 is 0 Å². The van der Waals surface area contributed by atoms with Gasteiger partial charge in [-0.05, 0) is 63.2 Å². The van der Waals surface area contributed by atoms with Gasteiger partial charge in [-0.15, -0.1) is 11.6 Å². The van der Waals surface area contributed by atoms with Crippen molar-refractivity contribution in [2.75, 3.05) is 13.7 Å². The first-order valence-electron chi connectivity index (χ1n) is 10.3. The van der Waals surface area contributed by atoms with E-state index < -0.39 is 11.0 Å². The molecule has 0 spiro atoms. The summed E-state index contributed by atoms with van der Waals surface area (Å²) < 4.78 is 5.54. The van der Waals surface area contributed by atoms with Gasteiger partial charge in [0.15, 0.2) is 6.61 Å². The van der Waals surface area contributed by atoms with Crippen LogP contribution < -0.4 is 0 Å². The maximum atomic E-state index is 13.0. The third-order valence-corrected chi connectivity index (χ3v) is 8.10. The highest BCUT2D eigenvalue weighted by Crippen LogP contribution is 2.64. The van der Waals surface area contributed by atoms with E-state index in [1.165, 1.54) is 11.3 Å². The molecule has 5 rings (SSSR count). The second kappa shape index (κ2) is 6.65. The molecule has 4 atom stereocenters. The minimum absolute atomic E-state index is 0.252. The molecular formula is C21H29ClN2O3. The lowest BCUT2D eigenvalue weighted by atomic mass is 9.49. The summed E-state index contributed by atoms with van der Waals surface area (Å²) in [6.45, 7) is -0.273. The summed E-state index contributed by atoms with van der Waals surface area (Å²) in [6.07, 6.45) is 9.97. The van der Waals surface area contributed by atoms with Crippen LogP contribution >= 0.6 is 11.6 Å². The summed E-state index contributed by atoms with van der Waals surface area (Å²) in [5, 5.41) is 9.65. The number of hydrogen-bond donors (Lipinski definition) is 0. The topological polar surface area (TPSA) is 70.4 Å². The molecule has 5 aliphatic carbocycles. The van der Waals surface area contributed by atoms with Gasteiger partial charge in [0.2, 0.25) is 0 Å². The number of halogens is 1. The number of nitrogens with zero attached hydrogens (tertiary/aromatic N) is 2. The van der Waals surface area contributed by atoms with Crippen LogP contribution in [0.1, 0.15) is 70.6 Å². The average Bonchev–Trinajstić information content (AvgIpc) is 2.63. The Hall–Kier alpha value is -1.28. The summed E-state index contributed by atoms with van der Waals surface area (Å²) in [5.74, 6) is 0.493. The van der Waals surface area contributed by atoms with Crippen LogP contribution in [-0.4, -0.2) is 40.8 Å². The fourth-order valence-corrected chi connectivity index (χ4v) is 7.36. The van der Waals surface area contributed by atoms with Crippen LogP contribution in [0.5, 0.6) is 0 Å². The van der Waals surface area contributed by atoms with E-state index in [1.54, 1.807) is 7.05 Å². The van der Waals surface area contributed by atoms with Gasteiger partial charge < -0.3 is 9.64 Å². The van der Waals surface area contributed by atoms with Crippen molar-refractivity contribution in [2.45, 2.75) is 81.0 Å². The molecule has 0 aliphatic heterocycles. The summed E-state index contributed by atoms with van der Waals surface area (Å²) in [4.78, 5) is 26.9. The molecule has 0 heterocycles. The summed E-state index contributed by atoms with van der Waals surface area (Å²) in [6, 6.07) is 2.35. The van der Waals surface area contributed by atoms with Crippen molar-refractivity contribution in [2.24, 2.45) is 17.3 Å². The SMILES string of the molecule is CN(C(=O)COC(=O)C12C[C@@H]3C[C@@H](CC(Cl)(C3)C1)C2)C1(C#N)CCCCC1. The minimum Gasteiger partial charge on any atom is -0.455 e. The van der Waals surface area contributed by atoms with Crippen molar-refractivity contribution in [3.05, 3.63) is 0 Å². The number of nitriles is 1. The Kier molecular flexibility index (Phi) is 4.70. The van der Waals surface area contributed by atoms with E-state index in [9.17, 15) is 14.9 Å². The van der Waals surface area contributed by atoms with Crippen LogP contribution in [0.4, 0.5) is 0 Å². The second-order valence-electron chi connectivity index (χ2n) is 9.63. The zero-order chi connectivity index (χ0) is 19.3. The number of alkyl halides is 1. The number of amides is 1. The molecule has 4 bridgehead atoms. The molecule has 0 aromatic heterocycles. The quantitative estimate of drug-likeness (QED) is 0.539. The molecule has 5 nitrogen and oxygen atoms in total. The van der Waals surface area contributed by atoms with Gasteiger partial charge in [0.1, 0.15) is 5.54 Å². The molecule has 5 fully saturated rings. The highest BCUT2D eigenvalue weighted by atomic mass is 35.5. The molecule has 2 unspecified atom stereocenters. The van der Waals surface area contributed by atoms with Gasteiger partial charge in [-0.1, -0.05) is 19.3 Å². The van der Waals surface area contributed by atoms with E-state index in [0.29, 0.717) is 31.1 Å². The van der Waals surface area contributed by atoms with Crippen molar-refractivity contribution in [3.8, 4) is 6.07 Å². The Morgan fingerprint density at radius 2 is 1.78 bits per heavy atom. The highest BCUT2D eigenvalue weighted by molar-refractivity contribution is 6.24. The predicted molar refractivity (Wildman–Crippen MR) is 101 cm³/mol. The molecule has 5 saturated carbocycles. The average molecular weight is 393 g/mol. The number of likely N-dealkylation sites (N-methyl/N-ethyl adjacent to an activating group) is 1. The van der Waals surface area contributed by atoms with Crippen LogP contribution in [-0.2, 0) is 14.3 Å². The maximum absolute atomic E-state index is 13.0. The molecular weight excluding hydrogens is 364 g/mol. The smallest absolute Gasteiger partial charge is 0.312 e. The third kappa shape index (κ3) is 3.24. The first kappa shape index (κ1) is 19.1. The lowest BCUT2D eigenvalue weighted by molar-refractivity contribution is -0.173. The Morgan fingerprint density at radius 1 is 1.15 bits per heavy atom. The number of rotatable bonds is 4. The highest BCUT2D eigenvalue weighted by Gasteiger charge is 2.60.